The van der Waals surface area contributed by atoms with Crippen molar-refractivity contribution in [2.75, 3.05) is 13.1 Å². The van der Waals surface area contributed by atoms with Gasteiger partial charge >= 0.3 is 0 Å². The zero-order valence-electron chi connectivity index (χ0n) is 10.4. The molecule has 0 bridgehead atoms. The van der Waals surface area contributed by atoms with Gasteiger partial charge in [-0.15, -0.1) is 0 Å². The molecule has 0 spiro atoms. The molecule has 2 aliphatic carbocycles. The highest BCUT2D eigenvalue weighted by Crippen LogP contribution is 2.46. The van der Waals surface area contributed by atoms with Crippen LogP contribution in [0.3, 0.4) is 0 Å². The molecule has 3 fully saturated rings. The second-order valence-corrected chi connectivity index (χ2v) is 6.20. The third-order valence-electron chi connectivity index (χ3n) is 4.27. The Balaban J connectivity index is 1.72. The van der Waals surface area contributed by atoms with Crippen molar-refractivity contribution in [3.63, 3.8) is 0 Å². The van der Waals surface area contributed by atoms with Gasteiger partial charge in [-0.1, -0.05) is 6.92 Å². The van der Waals surface area contributed by atoms with Crippen molar-refractivity contribution in [1.29, 1.82) is 0 Å². The Morgan fingerprint density at radius 2 is 2.06 bits per heavy atom. The molecule has 1 saturated heterocycles. The highest BCUT2D eigenvalue weighted by molar-refractivity contribution is 5.90. The van der Waals surface area contributed by atoms with Crippen molar-refractivity contribution in [3.05, 3.63) is 0 Å². The Labute approximate surface area is 102 Å². The number of carbonyl (C=O) groups excluding carboxylic acids is 2. The van der Waals surface area contributed by atoms with Crippen molar-refractivity contribution in [3.8, 4) is 0 Å². The van der Waals surface area contributed by atoms with E-state index in [9.17, 15) is 9.59 Å². The van der Waals surface area contributed by atoms with E-state index < -0.39 is 0 Å². The Morgan fingerprint density at radius 1 is 1.35 bits per heavy atom. The Kier molecular flexibility index (Phi) is 2.42. The summed E-state index contributed by atoms with van der Waals surface area (Å²) in [5.74, 6) is 0.601. The van der Waals surface area contributed by atoms with E-state index in [1.807, 2.05) is 4.90 Å². The van der Waals surface area contributed by atoms with Gasteiger partial charge in [-0.2, -0.15) is 0 Å². The molecule has 0 aromatic carbocycles. The smallest absolute Gasteiger partial charge is 0.245 e. The summed E-state index contributed by atoms with van der Waals surface area (Å²) < 4.78 is 0. The highest BCUT2D eigenvalue weighted by Gasteiger charge is 2.45. The van der Waals surface area contributed by atoms with Crippen molar-refractivity contribution >= 4 is 11.8 Å². The zero-order valence-corrected chi connectivity index (χ0v) is 10.4. The van der Waals surface area contributed by atoms with Gasteiger partial charge in [0.15, 0.2) is 0 Å². The molecule has 3 aliphatic rings. The lowest BCUT2D eigenvalue weighted by Crippen LogP contribution is -2.47. The van der Waals surface area contributed by atoms with Gasteiger partial charge in [0, 0.05) is 19.5 Å². The summed E-state index contributed by atoms with van der Waals surface area (Å²) in [6.45, 7) is 3.67. The first-order valence-electron chi connectivity index (χ1n) is 6.66. The van der Waals surface area contributed by atoms with Crippen molar-refractivity contribution in [2.24, 2.45) is 11.3 Å². The molecule has 0 radical (unpaired) electrons. The van der Waals surface area contributed by atoms with Gasteiger partial charge in [0.25, 0.3) is 0 Å². The lowest BCUT2D eigenvalue weighted by Gasteiger charge is -2.26. The number of rotatable bonds is 3. The van der Waals surface area contributed by atoms with E-state index in [-0.39, 0.29) is 17.9 Å². The number of hydrogen-bond donors (Lipinski definition) is 1. The molecule has 0 aromatic heterocycles. The van der Waals surface area contributed by atoms with Gasteiger partial charge in [-0.25, -0.2) is 0 Å². The van der Waals surface area contributed by atoms with Gasteiger partial charge < -0.3 is 10.2 Å². The number of nitrogens with one attached hydrogen (secondary N) is 1. The first-order chi connectivity index (χ1) is 8.07. The van der Waals surface area contributed by atoms with E-state index in [1.54, 1.807) is 0 Å². The van der Waals surface area contributed by atoms with Crippen LogP contribution < -0.4 is 5.32 Å². The summed E-state index contributed by atoms with van der Waals surface area (Å²) in [6.07, 6.45) is 5.06. The summed E-state index contributed by atoms with van der Waals surface area (Å²) in [4.78, 5) is 25.9. The van der Waals surface area contributed by atoms with Crippen LogP contribution in [0.25, 0.3) is 0 Å². The third-order valence-corrected chi connectivity index (χ3v) is 4.27. The molecule has 1 atom stereocenters. The number of carbonyl (C=O) groups is 2. The quantitative estimate of drug-likeness (QED) is 0.792. The minimum Gasteiger partial charge on any atom is -0.344 e. The predicted molar refractivity (Wildman–Crippen MR) is 63.2 cm³/mol. The molecule has 1 N–H and O–H groups in total. The van der Waals surface area contributed by atoms with Crippen LogP contribution in [0, 0.1) is 11.3 Å². The molecule has 1 unspecified atom stereocenters. The Morgan fingerprint density at radius 3 is 2.65 bits per heavy atom. The van der Waals surface area contributed by atoms with Crippen LogP contribution in [-0.2, 0) is 9.59 Å². The topological polar surface area (TPSA) is 49.4 Å². The Bertz CT molecular complexity index is 358. The van der Waals surface area contributed by atoms with Crippen LogP contribution in [0.5, 0.6) is 0 Å². The molecule has 1 heterocycles. The molecular weight excluding hydrogens is 216 g/mol. The first-order valence-corrected chi connectivity index (χ1v) is 6.66. The average molecular weight is 236 g/mol. The van der Waals surface area contributed by atoms with Crippen LogP contribution >= 0.6 is 0 Å². The SMILES string of the molecule is CC1(CN2CCC(=O)NC(C3CC3)C2=O)CC1. The van der Waals surface area contributed by atoms with Crippen LogP contribution in [0.15, 0.2) is 0 Å². The molecule has 3 rings (SSSR count). The van der Waals surface area contributed by atoms with Gasteiger partial charge in [-0.3, -0.25) is 9.59 Å². The minimum atomic E-state index is -0.229. The maximum Gasteiger partial charge on any atom is 0.245 e. The fraction of sp³-hybridized carbons (Fsp3) is 0.846. The van der Waals surface area contributed by atoms with Crippen molar-refractivity contribution < 1.29 is 9.59 Å². The number of hydrogen-bond acceptors (Lipinski definition) is 2. The van der Waals surface area contributed by atoms with Crippen molar-refractivity contribution in [2.45, 2.75) is 45.1 Å². The standard InChI is InChI=1S/C13H20N2O2/c1-13(5-6-13)8-15-7-4-10(16)14-11(12(15)17)9-2-3-9/h9,11H,2-8H2,1H3,(H,14,16). The first kappa shape index (κ1) is 11.1. The monoisotopic (exact) mass is 236 g/mol. The minimum absolute atomic E-state index is 0.0405. The van der Waals surface area contributed by atoms with E-state index in [1.165, 1.54) is 12.8 Å². The number of nitrogens with zero attached hydrogens (tertiary/aromatic N) is 1. The third kappa shape index (κ3) is 2.31. The fourth-order valence-electron chi connectivity index (χ4n) is 2.59. The molecule has 2 amide bonds. The maximum atomic E-state index is 12.4. The summed E-state index contributed by atoms with van der Waals surface area (Å²) in [5, 5.41) is 2.90. The summed E-state index contributed by atoms with van der Waals surface area (Å²) in [5.41, 5.74) is 0.331. The van der Waals surface area contributed by atoms with Crippen LogP contribution in [0.4, 0.5) is 0 Å². The molecule has 2 saturated carbocycles. The van der Waals surface area contributed by atoms with Gasteiger partial charge in [0.1, 0.15) is 6.04 Å². The van der Waals surface area contributed by atoms with Crippen LogP contribution in [0.1, 0.15) is 39.0 Å². The largest absolute Gasteiger partial charge is 0.344 e. The summed E-state index contributed by atoms with van der Waals surface area (Å²) >= 11 is 0. The van der Waals surface area contributed by atoms with E-state index >= 15 is 0 Å². The van der Waals surface area contributed by atoms with E-state index in [4.69, 9.17) is 0 Å². The summed E-state index contributed by atoms with van der Waals surface area (Å²) in [7, 11) is 0. The lowest BCUT2D eigenvalue weighted by atomic mass is 10.1. The maximum absolute atomic E-state index is 12.4. The zero-order chi connectivity index (χ0) is 12.0. The predicted octanol–water partition coefficient (Wildman–Crippen LogP) is 0.914. The molecule has 94 valence electrons. The molecule has 1 aliphatic heterocycles. The molecule has 17 heavy (non-hydrogen) atoms. The number of amides is 2. The molecule has 4 nitrogen and oxygen atoms in total. The molecule has 0 aromatic rings. The van der Waals surface area contributed by atoms with E-state index in [0.717, 1.165) is 19.4 Å². The average Bonchev–Trinajstić information content (AvgIpc) is 3.15. The van der Waals surface area contributed by atoms with E-state index in [0.29, 0.717) is 24.3 Å². The van der Waals surface area contributed by atoms with Gasteiger partial charge in [0.2, 0.25) is 11.8 Å². The molecule has 4 heteroatoms. The van der Waals surface area contributed by atoms with Crippen LogP contribution in [0.2, 0.25) is 0 Å². The van der Waals surface area contributed by atoms with Gasteiger partial charge in [0.05, 0.1) is 0 Å². The Hall–Kier alpha value is -1.06. The normalized spacial score (nSPS) is 32.1. The van der Waals surface area contributed by atoms with E-state index in [2.05, 4.69) is 12.2 Å². The highest BCUT2D eigenvalue weighted by atomic mass is 16.2. The van der Waals surface area contributed by atoms with Crippen molar-refractivity contribution in [1.82, 2.24) is 10.2 Å². The fourth-order valence-corrected chi connectivity index (χ4v) is 2.59. The lowest BCUT2D eigenvalue weighted by molar-refractivity contribution is -0.134. The molecular formula is C13H20N2O2. The van der Waals surface area contributed by atoms with Gasteiger partial charge in [-0.05, 0) is 37.0 Å². The summed E-state index contributed by atoms with van der Waals surface area (Å²) in [6, 6.07) is -0.229. The second-order valence-electron chi connectivity index (χ2n) is 6.20. The van der Waals surface area contributed by atoms with Crippen LogP contribution in [-0.4, -0.2) is 35.8 Å². The second kappa shape index (κ2) is 3.72.